The van der Waals surface area contributed by atoms with Crippen LogP contribution in [0.2, 0.25) is 0 Å². The first-order chi connectivity index (χ1) is 43.4. The molecule has 4 heterocycles. The maximum Gasteiger partial charge on any atom is 0.410 e. The van der Waals surface area contributed by atoms with Crippen LogP contribution in [-0.2, 0) is 31.1 Å². The molecule has 518 valence electrons. The summed E-state index contributed by atoms with van der Waals surface area (Å²) in [4.78, 5) is 70.2. The van der Waals surface area contributed by atoms with Crippen LogP contribution < -0.4 is 22.1 Å². The number of nitrogens with zero attached hydrogens (tertiary/aromatic N) is 8. The number of hydrogen-bond acceptors (Lipinski definition) is 18. The third-order valence-corrected chi connectivity index (χ3v) is 17.0. The van der Waals surface area contributed by atoms with E-state index in [4.69, 9.17) is 31.5 Å². The summed E-state index contributed by atoms with van der Waals surface area (Å²) in [5, 5.41) is 58.0. The van der Waals surface area contributed by atoms with Crippen LogP contribution >= 0.6 is 35.0 Å². The zero-order valence-electron chi connectivity index (χ0n) is 57.6. The molecule has 4 aromatic rings. The van der Waals surface area contributed by atoms with Crippen molar-refractivity contribution in [3.63, 3.8) is 0 Å². The molecule has 4 aliphatic heterocycles. The number of aliphatic hydroxyl groups is 3. The Morgan fingerprint density at radius 1 is 0.574 bits per heavy atom. The number of likely N-dealkylation sites (tertiary alicyclic amines) is 2. The Hall–Kier alpha value is -6.33. The smallest absolute Gasteiger partial charge is 0.410 e. The average molecular weight is 1440 g/mol. The van der Waals surface area contributed by atoms with E-state index in [0.717, 1.165) is 65.1 Å². The summed E-state index contributed by atoms with van der Waals surface area (Å²) in [6.07, 6.45) is 1.42. The number of nitriles is 2. The van der Waals surface area contributed by atoms with Gasteiger partial charge in [0.2, 0.25) is 11.8 Å². The van der Waals surface area contributed by atoms with E-state index in [1.165, 1.54) is 0 Å². The molecule has 0 radical (unpaired) electrons. The summed E-state index contributed by atoms with van der Waals surface area (Å²) in [5.41, 5.74) is 11.1. The molecule has 94 heavy (non-hydrogen) atoms. The van der Waals surface area contributed by atoms with Crippen LogP contribution in [0.15, 0.2) is 97.1 Å². The molecule has 4 fully saturated rings. The lowest BCUT2D eigenvalue weighted by Gasteiger charge is -2.46. The van der Waals surface area contributed by atoms with E-state index < -0.39 is 39.8 Å². The molecule has 4 saturated heterocycles. The van der Waals surface area contributed by atoms with Gasteiger partial charge in [-0.3, -0.25) is 14.4 Å². The van der Waals surface area contributed by atoms with Crippen molar-refractivity contribution < 1.29 is 48.8 Å². The van der Waals surface area contributed by atoms with Crippen molar-refractivity contribution >= 4 is 64.8 Å². The Morgan fingerprint density at radius 2 is 0.957 bits per heavy atom. The molecule has 24 heteroatoms. The van der Waals surface area contributed by atoms with Crippen LogP contribution in [0.1, 0.15) is 116 Å². The molecule has 4 aliphatic rings. The third-order valence-electron chi connectivity index (χ3n) is 16.3. The number of piperidine rings is 4. The highest BCUT2D eigenvalue weighted by Gasteiger charge is 2.46. The predicted molar refractivity (Wildman–Crippen MR) is 377 cm³/mol. The Morgan fingerprint density at radius 3 is 1.35 bits per heavy atom. The zero-order valence-corrected chi connectivity index (χ0v) is 60.6. The maximum absolute atomic E-state index is 12.5. The number of hydrogen-bond donors (Lipinski definition) is 7. The Labute approximate surface area is 577 Å². The molecule has 8 rings (SSSR count). The minimum absolute atomic E-state index is 0. The maximum atomic E-state index is 12.5. The molecule has 0 aromatic heterocycles. The standard InChI is InChI=1S/C20H29N3O3.2C15H23N3O2.C13H24N2O3.C7H4IN.ClH/c1-19(2,3)26-18(24)23-10-9-20(25,17(14-23)13-22(4)5)16-8-6-7-15(11-16)12-21;2*1-18(2)10-13-9-17-7-6-15(13,20)12-5-3-4-11(8-12)14(16)19;1-13(2,3)18-12(17)15-7-6-11(16)10(9-15)8-14(4)5;8-7-3-1-2-6(4-7)5-9;/h6-8,11,17,25H,9-10,13-14H2,1-5H3;2*3-5,8,13,17,20H,6-7,9-10H2,1-2H3,(H2,16,19);10H,6-9H2,1-5H3;1-4H;1H/t17-,20-;2*13-,15+;;;/m011.../s1. The fourth-order valence-corrected chi connectivity index (χ4v) is 12.3. The normalized spacial score (nSPS) is 22.8. The van der Waals surface area contributed by atoms with E-state index in [0.29, 0.717) is 81.6 Å². The summed E-state index contributed by atoms with van der Waals surface area (Å²) < 4.78 is 11.9. The lowest BCUT2D eigenvalue weighted by Crippen LogP contribution is -2.55. The largest absolute Gasteiger partial charge is 0.444 e. The summed E-state index contributed by atoms with van der Waals surface area (Å²) in [6.45, 7) is 18.7. The second kappa shape index (κ2) is 37.3. The molecule has 0 aliphatic carbocycles. The number of carbonyl (C=O) groups excluding carboxylic acids is 5. The number of nitrogens with one attached hydrogen (secondary N) is 2. The third kappa shape index (κ3) is 25.7. The van der Waals surface area contributed by atoms with Crippen LogP contribution in [0.25, 0.3) is 0 Å². The first-order valence-corrected chi connectivity index (χ1v) is 32.6. The van der Waals surface area contributed by atoms with Crippen molar-refractivity contribution in [3.05, 3.63) is 140 Å². The SMILES string of the molecule is CN(C)CC1CN(C(=O)OC(C)(C)C)CCC1=O.CN(C)C[C@H]1CN(C(=O)OC(C)(C)C)CC[C@]1(O)c1cccc(C#N)c1.CN(C)C[C@H]1CNCC[C@]1(O)c1cccc(C(N)=O)c1.CN(C)C[C@H]1CNCC[C@]1(O)c1cccc(C(N)=O)c1.Cl.N#Cc1cccc(I)c1. The van der Waals surface area contributed by atoms with Crippen molar-refractivity contribution in [1.82, 2.24) is 40.0 Å². The molecule has 4 amide bonds. The molecule has 22 nitrogen and oxygen atoms in total. The number of ketones is 1. The highest BCUT2D eigenvalue weighted by atomic mass is 127. The fraction of sp³-hybridized carbons (Fsp3) is 0.557. The number of amides is 4. The van der Waals surface area contributed by atoms with E-state index in [2.05, 4.69) is 55.2 Å². The molecule has 7 atom stereocenters. The van der Waals surface area contributed by atoms with Gasteiger partial charge >= 0.3 is 12.2 Å². The lowest BCUT2D eigenvalue weighted by atomic mass is 9.75. The van der Waals surface area contributed by atoms with Crippen molar-refractivity contribution in [3.8, 4) is 12.1 Å². The highest BCUT2D eigenvalue weighted by molar-refractivity contribution is 14.1. The Bertz CT molecular complexity index is 3110. The summed E-state index contributed by atoms with van der Waals surface area (Å²) in [6, 6.07) is 32.9. The zero-order chi connectivity index (χ0) is 69.6. The topological polar surface area (TPSA) is 308 Å². The van der Waals surface area contributed by atoms with Crippen molar-refractivity contribution in [2.24, 2.45) is 35.1 Å². The van der Waals surface area contributed by atoms with Crippen LogP contribution in [0.4, 0.5) is 9.59 Å². The average Bonchev–Trinajstić information content (AvgIpc) is 0.793. The monoisotopic (exact) mass is 1430 g/mol. The number of nitrogens with two attached hydrogens (primary N) is 2. The van der Waals surface area contributed by atoms with E-state index in [-0.39, 0.29) is 54.0 Å². The van der Waals surface area contributed by atoms with Gasteiger partial charge in [-0.05, 0) is 224 Å². The van der Waals surface area contributed by atoms with Gasteiger partial charge in [0, 0.05) is 110 Å². The van der Waals surface area contributed by atoms with Gasteiger partial charge < -0.3 is 76.3 Å². The number of benzene rings is 4. The van der Waals surface area contributed by atoms with Gasteiger partial charge in [-0.2, -0.15) is 10.5 Å². The molecule has 1 unspecified atom stereocenters. The van der Waals surface area contributed by atoms with Gasteiger partial charge in [0.05, 0.1) is 40.1 Å². The van der Waals surface area contributed by atoms with Gasteiger partial charge in [0.1, 0.15) is 17.0 Å². The number of primary amides is 2. The first kappa shape index (κ1) is 81.9. The minimum Gasteiger partial charge on any atom is -0.444 e. The first-order valence-electron chi connectivity index (χ1n) is 31.6. The predicted octanol–water partition coefficient (Wildman–Crippen LogP) is 6.81. The molecular weight excluding hydrogens is 1330 g/mol. The minimum atomic E-state index is -1.09. The van der Waals surface area contributed by atoms with E-state index in [9.17, 15) is 39.3 Å². The van der Waals surface area contributed by atoms with Crippen LogP contribution in [0.3, 0.4) is 0 Å². The summed E-state index contributed by atoms with van der Waals surface area (Å²) >= 11 is 2.18. The summed E-state index contributed by atoms with van der Waals surface area (Å²) in [7, 11) is 15.7. The number of carbonyl (C=O) groups is 5. The van der Waals surface area contributed by atoms with Gasteiger partial charge in [0.25, 0.3) is 0 Å². The Kier molecular flexibility index (Phi) is 32.5. The number of rotatable bonds is 13. The molecule has 0 bridgehead atoms. The molecular formula is C70H104ClIN12O10. The van der Waals surface area contributed by atoms with Crippen molar-refractivity contribution in [1.29, 1.82) is 10.5 Å². The molecule has 0 spiro atoms. The van der Waals surface area contributed by atoms with Gasteiger partial charge in [-0.15, -0.1) is 12.4 Å². The van der Waals surface area contributed by atoms with Gasteiger partial charge in [0.15, 0.2) is 0 Å². The van der Waals surface area contributed by atoms with Crippen LogP contribution in [0, 0.1) is 49.9 Å². The highest BCUT2D eigenvalue weighted by Crippen LogP contribution is 2.40. The number of Topliss-reactive ketones (excluding diaryl/α,β-unsaturated/α-hetero) is 1. The van der Waals surface area contributed by atoms with E-state index in [1.807, 2.05) is 144 Å². The second-order valence-electron chi connectivity index (χ2n) is 27.5. The molecule has 9 N–H and O–H groups in total. The van der Waals surface area contributed by atoms with Crippen LogP contribution in [0.5, 0.6) is 0 Å². The second-order valence-corrected chi connectivity index (χ2v) is 28.8. The van der Waals surface area contributed by atoms with E-state index >= 15 is 0 Å². The van der Waals surface area contributed by atoms with Gasteiger partial charge in [-0.1, -0.05) is 42.5 Å². The van der Waals surface area contributed by atoms with E-state index in [1.54, 1.807) is 70.5 Å². The summed E-state index contributed by atoms with van der Waals surface area (Å²) in [5.74, 6) is -0.816. The molecule has 0 saturated carbocycles. The fourth-order valence-electron chi connectivity index (χ4n) is 11.8. The van der Waals surface area contributed by atoms with Gasteiger partial charge in [-0.25, -0.2) is 9.59 Å². The van der Waals surface area contributed by atoms with Crippen molar-refractivity contribution in [2.45, 2.75) is 95.2 Å². The number of halogens is 2. The quantitative estimate of drug-likeness (QED) is 0.0676. The molecule has 4 aromatic carbocycles. The lowest BCUT2D eigenvalue weighted by molar-refractivity contribution is -0.126. The van der Waals surface area contributed by atoms with Crippen molar-refractivity contribution in [2.75, 3.05) is 135 Å². The number of ether oxygens (including phenoxy) is 2. The van der Waals surface area contributed by atoms with Crippen LogP contribution in [-0.4, -0.2) is 221 Å². The Balaban J connectivity index is 0.000000314.